The average molecular weight is 525 g/mol. The number of ether oxygens (including phenoxy) is 1. The van der Waals surface area contributed by atoms with Crippen molar-refractivity contribution in [3.8, 4) is 5.88 Å². The van der Waals surface area contributed by atoms with Crippen LogP contribution in [0.25, 0.3) is 0 Å². The van der Waals surface area contributed by atoms with Crippen molar-refractivity contribution in [3.05, 3.63) is 59.3 Å². The van der Waals surface area contributed by atoms with E-state index in [1.807, 2.05) is 50.2 Å². The van der Waals surface area contributed by atoms with Gasteiger partial charge in [0.05, 0.1) is 6.10 Å². The van der Waals surface area contributed by atoms with Gasteiger partial charge >= 0.3 is 0 Å². The van der Waals surface area contributed by atoms with Gasteiger partial charge in [-0.2, -0.15) is 0 Å². The Bertz CT molecular complexity index is 823. The first kappa shape index (κ1) is 25.7. The largest absolute Gasteiger partial charge is 0.475 e. The standard InChI is InChI=1S/C22H31N5O2.HI/c1-16(2)29-20-10-9-18(14-25-20)15-26-22(23-3)24-12-11-17-7-6-8-19(13-17)21(28)27(4)5;/h6-10,13-14,16H,11-12,15H2,1-5H3,(H2,23,24,26);1H. The molecule has 2 rings (SSSR count). The number of aromatic nitrogens is 1. The quantitative estimate of drug-likeness (QED) is 0.315. The van der Waals surface area contributed by atoms with Crippen LogP contribution in [-0.4, -0.2) is 55.5 Å². The molecule has 1 heterocycles. The molecule has 1 aromatic carbocycles. The summed E-state index contributed by atoms with van der Waals surface area (Å²) >= 11 is 0. The van der Waals surface area contributed by atoms with E-state index in [0.717, 1.165) is 17.5 Å². The van der Waals surface area contributed by atoms with Gasteiger partial charge in [-0.05, 0) is 43.5 Å². The summed E-state index contributed by atoms with van der Waals surface area (Å²) in [7, 11) is 5.25. The minimum atomic E-state index is 0. The molecule has 164 valence electrons. The van der Waals surface area contributed by atoms with E-state index in [0.29, 0.717) is 30.5 Å². The molecule has 7 nitrogen and oxygen atoms in total. The number of nitrogens with one attached hydrogen (secondary N) is 2. The zero-order chi connectivity index (χ0) is 21.2. The molecule has 0 saturated heterocycles. The number of carbonyl (C=O) groups is 1. The van der Waals surface area contributed by atoms with Crippen molar-refractivity contribution in [2.45, 2.75) is 32.9 Å². The van der Waals surface area contributed by atoms with Crippen LogP contribution in [0, 0.1) is 0 Å². The van der Waals surface area contributed by atoms with Gasteiger partial charge in [0, 0.05) is 52.1 Å². The Morgan fingerprint density at radius 3 is 2.53 bits per heavy atom. The summed E-state index contributed by atoms with van der Waals surface area (Å²) in [4.78, 5) is 22.2. The molecule has 2 N–H and O–H groups in total. The maximum absolute atomic E-state index is 12.1. The summed E-state index contributed by atoms with van der Waals surface area (Å²) in [5.41, 5.74) is 2.84. The fourth-order valence-electron chi connectivity index (χ4n) is 2.68. The summed E-state index contributed by atoms with van der Waals surface area (Å²) in [5, 5.41) is 6.57. The van der Waals surface area contributed by atoms with Crippen molar-refractivity contribution in [3.63, 3.8) is 0 Å². The minimum absolute atomic E-state index is 0. The number of pyridine rings is 1. The number of guanidine groups is 1. The smallest absolute Gasteiger partial charge is 0.253 e. The van der Waals surface area contributed by atoms with Gasteiger partial charge in [0.1, 0.15) is 0 Å². The van der Waals surface area contributed by atoms with Crippen LogP contribution in [-0.2, 0) is 13.0 Å². The SMILES string of the molecule is CN=C(NCCc1cccc(C(=O)N(C)C)c1)NCc1ccc(OC(C)C)nc1.I. The number of hydrogen-bond acceptors (Lipinski definition) is 4. The molecule has 1 aromatic heterocycles. The monoisotopic (exact) mass is 525 g/mol. The van der Waals surface area contributed by atoms with E-state index >= 15 is 0 Å². The lowest BCUT2D eigenvalue weighted by molar-refractivity contribution is 0.0827. The highest BCUT2D eigenvalue weighted by Gasteiger charge is 2.08. The van der Waals surface area contributed by atoms with Crippen LogP contribution in [0.3, 0.4) is 0 Å². The van der Waals surface area contributed by atoms with Crippen molar-refractivity contribution in [2.24, 2.45) is 4.99 Å². The van der Waals surface area contributed by atoms with Gasteiger partial charge in [-0.15, -0.1) is 24.0 Å². The Morgan fingerprint density at radius 2 is 1.93 bits per heavy atom. The summed E-state index contributed by atoms with van der Waals surface area (Å²) in [6.07, 6.45) is 2.69. The van der Waals surface area contributed by atoms with Crippen LogP contribution >= 0.6 is 24.0 Å². The van der Waals surface area contributed by atoms with Gasteiger partial charge < -0.3 is 20.3 Å². The third-order valence-electron chi connectivity index (χ3n) is 4.12. The molecule has 0 aliphatic carbocycles. The second-order valence-corrected chi connectivity index (χ2v) is 7.17. The highest BCUT2D eigenvalue weighted by atomic mass is 127. The molecule has 30 heavy (non-hydrogen) atoms. The normalized spacial score (nSPS) is 10.9. The van der Waals surface area contributed by atoms with E-state index in [1.165, 1.54) is 0 Å². The van der Waals surface area contributed by atoms with Crippen LogP contribution in [0.2, 0.25) is 0 Å². The number of aliphatic imine (C=N–C) groups is 1. The molecule has 2 aromatic rings. The number of benzene rings is 1. The number of halogens is 1. The van der Waals surface area contributed by atoms with Crippen LogP contribution in [0.1, 0.15) is 35.3 Å². The van der Waals surface area contributed by atoms with Crippen LogP contribution < -0.4 is 15.4 Å². The van der Waals surface area contributed by atoms with Gasteiger partial charge in [-0.25, -0.2) is 4.98 Å². The van der Waals surface area contributed by atoms with Gasteiger partial charge in [0.25, 0.3) is 5.91 Å². The first-order chi connectivity index (χ1) is 13.9. The van der Waals surface area contributed by atoms with E-state index in [4.69, 9.17) is 4.74 Å². The van der Waals surface area contributed by atoms with Gasteiger partial charge in [0.15, 0.2) is 5.96 Å². The number of rotatable bonds is 8. The lowest BCUT2D eigenvalue weighted by Gasteiger charge is -2.13. The third-order valence-corrected chi connectivity index (χ3v) is 4.12. The second kappa shape index (κ2) is 13.0. The van der Waals surface area contributed by atoms with E-state index < -0.39 is 0 Å². The molecule has 0 unspecified atom stereocenters. The lowest BCUT2D eigenvalue weighted by atomic mass is 10.1. The zero-order valence-electron chi connectivity index (χ0n) is 18.3. The maximum atomic E-state index is 12.1. The van der Waals surface area contributed by atoms with E-state index in [1.54, 1.807) is 32.2 Å². The number of hydrogen-bond donors (Lipinski definition) is 2. The fraction of sp³-hybridized carbons (Fsp3) is 0.409. The van der Waals surface area contributed by atoms with Crippen molar-refractivity contribution in [1.82, 2.24) is 20.5 Å². The molecule has 0 aliphatic heterocycles. The lowest BCUT2D eigenvalue weighted by Crippen LogP contribution is -2.37. The first-order valence-corrected chi connectivity index (χ1v) is 9.75. The van der Waals surface area contributed by atoms with E-state index in [-0.39, 0.29) is 36.0 Å². The van der Waals surface area contributed by atoms with Gasteiger partial charge in [-0.3, -0.25) is 9.79 Å². The highest BCUT2D eigenvalue weighted by molar-refractivity contribution is 14.0. The first-order valence-electron chi connectivity index (χ1n) is 9.75. The van der Waals surface area contributed by atoms with Crippen LogP contribution in [0.5, 0.6) is 5.88 Å². The molecule has 0 fully saturated rings. The molecule has 0 atom stereocenters. The molecule has 0 bridgehead atoms. The Labute approximate surface area is 196 Å². The van der Waals surface area contributed by atoms with Crippen LogP contribution in [0.4, 0.5) is 0 Å². The summed E-state index contributed by atoms with van der Waals surface area (Å²) in [5.74, 6) is 1.35. The summed E-state index contributed by atoms with van der Waals surface area (Å²) in [6.45, 7) is 5.27. The van der Waals surface area contributed by atoms with Crippen molar-refractivity contribution in [1.29, 1.82) is 0 Å². The van der Waals surface area contributed by atoms with E-state index in [2.05, 4.69) is 20.6 Å². The molecular formula is C22H32IN5O2. The molecule has 8 heteroatoms. The average Bonchev–Trinajstić information content (AvgIpc) is 2.70. The number of amides is 1. The van der Waals surface area contributed by atoms with Crippen molar-refractivity contribution < 1.29 is 9.53 Å². The molecule has 0 radical (unpaired) electrons. The Hall–Kier alpha value is -2.36. The predicted octanol–water partition coefficient (Wildman–Crippen LogP) is 3.10. The molecule has 0 spiro atoms. The minimum Gasteiger partial charge on any atom is -0.475 e. The molecule has 0 aliphatic rings. The third kappa shape index (κ3) is 8.56. The fourth-order valence-corrected chi connectivity index (χ4v) is 2.68. The second-order valence-electron chi connectivity index (χ2n) is 7.17. The molecule has 1 amide bonds. The number of carbonyl (C=O) groups excluding carboxylic acids is 1. The maximum Gasteiger partial charge on any atom is 0.253 e. The Balaban J connectivity index is 0.00000450. The Kier molecular flexibility index (Phi) is 11.2. The molecular weight excluding hydrogens is 493 g/mol. The number of nitrogens with zero attached hydrogens (tertiary/aromatic N) is 3. The van der Waals surface area contributed by atoms with Crippen LogP contribution in [0.15, 0.2) is 47.6 Å². The predicted molar refractivity (Wildman–Crippen MR) is 132 cm³/mol. The highest BCUT2D eigenvalue weighted by Crippen LogP contribution is 2.10. The zero-order valence-corrected chi connectivity index (χ0v) is 20.6. The van der Waals surface area contributed by atoms with Crippen molar-refractivity contribution >= 4 is 35.8 Å². The summed E-state index contributed by atoms with van der Waals surface area (Å²) in [6, 6.07) is 11.6. The van der Waals surface area contributed by atoms with Gasteiger partial charge in [-0.1, -0.05) is 18.2 Å². The molecule has 0 saturated carbocycles. The Morgan fingerprint density at radius 1 is 1.17 bits per heavy atom. The summed E-state index contributed by atoms with van der Waals surface area (Å²) < 4.78 is 5.56. The van der Waals surface area contributed by atoms with Crippen molar-refractivity contribution in [2.75, 3.05) is 27.7 Å². The topological polar surface area (TPSA) is 78.9 Å². The van der Waals surface area contributed by atoms with E-state index in [9.17, 15) is 4.79 Å². The van der Waals surface area contributed by atoms with Gasteiger partial charge in [0.2, 0.25) is 5.88 Å².